The number of ether oxygens (including phenoxy) is 1. The standard InChI is InChI=1S/C16H19NO2/c1-2-19-16-11-7-6-10-14(16)15(18)12-17-13-8-4-3-5-9-13/h3-11,15,17-18H,2,12H2,1H3. The Morgan fingerprint density at radius 1 is 1.05 bits per heavy atom. The predicted molar refractivity (Wildman–Crippen MR) is 77.5 cm³/mol. The molecule has 1 atom stereocenters. The molecule has 2 aromatic rings. The zero-order chi connectivity index (χ0) is 13.5. The van der Waals surface area contributed by atoms with Gasteiger partial charge in [0, 0.05) is 17.8 Å². The molecule has 0 saturated carbocycles. The van der Waals surface area contributed by atoms with Gasteiger partial charge in [-0.1, -0.05) is 36.4 Å². The van der Waals surface area contributed by atoms with Crippen LogP contribution in [0, 0.1) is 0 Å². The van der Waals surface area contributed by atoms with Crippen molar-refractivity contribution in [3.05, 3.63) is 60.2 Å². The van der Waals surface area contributed by atoms with E-state index in [0.717, 1.165) is 17.0 Å². The third-order valence-corrected chi connectivity index (χ3v) is 2.85. The molecule has 2 N–H and O–H groups in total. The molecule has 3 heteroatoms. The van der Waals surface area contributed by atoms with Crippen molar-refractivity contribution in [2.75, 3.05) is 18.5 Å². The van der Waals surface area contributed by atoms with Crippen LogP contribution in [0.1, 0.15) is 18.6 Å². The molecule has 0 aliphatic carbocycles. The topological polar surface area (TPSA) is 41.5 Å². The molecule has 100 valence electrons. The fraction of sp³-hybridized carbons (Fsp3) is 0.250. The number of aliphatic hydroxyl groups is 1. The van der Waals surface area contributed by atoms with Crippen molar-refractivity contribution >= 4 is 5.69 Å². The summed E-state index contributed by atoms with van der Waals surface area (Å²) >= 11 is 0. The van der Waals surface area contributed by atoms with E-state index in [-0.39, 0.29) is 0 Å². The zero-order valence-electron chi connectivity index (χ0n) is 11.0. The second-order valence-electron chi connectivity index (χ2n) is 4.23. The first-order valence-electron chi connectivity index (χ1n) is 6.50. The first-order valence-corrected chi connectivity index (χ1v) is 6.50. The van der Waals surface area contributed by atoms with Crippen molar-refractivity contribution in [2.45, 2.75) is 13.0 Å². The average molecular weight is 257 g/mol. The molecule has 19 heavy (non-hydrogen) atoms. The lowest BCUT2D eigenvalue weighted by atomic mass is 10.1. The highest BCUT2D eigenvalue weighted by Gasteiger charge is 2.12. The van der Waals surface area contributed by atoms with Crippen LogP contribution in [0.2, 0.25) is 0 Å². The van der Waals surface area contributed by atoms with Crippen LogP contribution in [0.25, 0.3) is 0 Å². The summed E-state index contributed by atoms with van der Waals surface area (Å²) in [6.45, 7) is 2.98. The zero-order valence-corrected chi connectivity index (χ0v) is 11.0. The first-order chi connectivity index (χ1) is 9.31. The summed E-state index contributed by atoms with van der Waals surface area (Å²) in [4.78, 5) is 0. The van der Waals surface area contributed by atoms with E-state index < -0.39 is 6.10 Å². The van der Waals surface area contributed by atoms with E-state index in [1.807, 2.05) is 61.5 Å². The average Bonchev–Trinajstić information content (AvgIpc) is 2.47. The molecule has 0 fully saturated rings. The molecule has 0 radical (unpaired) electrons. The minimum Gasteiger partial charge on any atom is -0.493 e. The molecular formula is C16H19NO2. The Balaban J connectivity index is 2.01. The van der Waals surface area contributed by atoms with Crippen molar-refractivity contribution in [1.29, 1.82) is 0 Å². The van der Waals surface area contributed by atoms with Gasteiger partial charge in [-0.05, 0) is 25.1 Å². The molecule has 1 unspecified atom stereocenters. The van der Waals surface area contributed by atoms with Crippen molar-refractivity contribution in [1.82, 2.24) is 0 Å². The summed E-state index contributed by atoms with van der Waals surface area (Å²) in [6.07, 6.45) is -0.594. The van der Waals surface area contributed by atoms with Gasteiger partial charge in [-0.25, -0.2) is 0 Å². The van der Waals surface area contributed by atoms with Crippen molar-refractivity contribution in [3.63, 3.8) is 0 Å². The molecule has 3 nitrogen and oxygen atoms in total. The molecule has 2 rings (SSSR count). The molecule has 0 aliphatic heterocycles. The highest BCUT2D eigenvalue weighted by atomic mass is 16.5. The Morgan fingerprint density at radius 2 is 1.74 bits per heavy atom. The number of anilines is 1. The van der Waals surface area contributed by atoms with Crippen LogP contribution in [-0.4, -0.2) is 18.3 Å². The normalized spacial score (nSPS) is 11.9. The monoisotopic (exact) mass is 257 g/mol. The van der Waals surface area contributed by atoms with E-state index in [1.165, 1.54) is 0 Å². The summed E-state index contributed by atoms with van der Waals surface area (Å²) in [5, 5.41) is 13.5. The van der Waals surface area contributed by atoms with Crippen LogP contribution in [0.4, 0.5) is 5.69 Å². The van der Waals surface area contributed by atoms with Gasteiger partial charge in [0.1, 0.15) is 5.75 Å². The number of hydrogen-bond donors (Lipinski definition) is 2. The van der Waals surface area contributed by atoms with E-state index >= 15 is 0 Å². The summed E-state index contributed by atoms with van der Waals surface area (Å²) < 4.78 is 5.52. The lowest BCUT2D eigenvalue weighted by molar-refractivity contribution is 0.185. The molecule has 2 aromatic carbocycles. The number of aliphatic hydroxyl groups excluding tert-OH is 1. The maximum Gasteiger partial charge on any atom is 0.125 e. The second kappa shape index (κ2) is 6.81. The predicted octanol–water partition coefficient (Wildman–Crippen LogP) is 3.23. The van der Waals surface area contributed by atoms with Gasteiger partial charge in [0.15, 0.2) is 0 Å². The maximum atomic E-state index is 10.2. The van der Waals surface area contributed by atoms with E-state index in [9.17, 15) is 5.11 Å². The highest BCUT2D eigenvalue weighted by Crippen LogP contribution is 2.25. The van der Waals surface area contributed by atoms with Crippen LogP contribution in [0.5, 0.6) is 5.75 Å². The minimum absolute atomic E-state index is 0.452. The van der Waals surface area contributed by atoms with Crippen molar-refractivity contribution in [2.24, 2.45) is 0 Å². The van der Waals surface area contributed by atoms with Crippen LogP contribution < -0.4 is 10.1 Å². The smallest absolute Gasteiger partial charge is 0.125 e. The van der Waals surface area contributed by atoms with Crippen LogP contribution >= 0.6 is 0 Å². The molecule has 0 spiro atoms. The summed E-state index contributed by atoms with van der Waals surface area (Å²) in [5.74, 6) is 0.743. The number of benzene rings is 2. The number of hydrogen-bond acceptors (Lipinski definition) is 3. The third-order valence-electron chi connectivity index (χ3n) is 2.85. The van der Waals surface area contributed by atoms with Crippen LogP contribution in [-0.2, 0) is 0 Å². The summed E-state index contributed by atoms with van der Waals surface area (Å²) in [5.41, 5.74) is 1.81. The van der Waals surface area contributed by atoms with Gasteiger partial charge >= 0.3 is 0 Å². The summed E-state index contributed by atoms with van der Waals surface area (Å²) in [6, 6.07) is 17.4. The maximum absolute atomic E-state index is 10.2. The number of nitrogens with one attached hydrogen (secondary N) is 1. The van der Waals surface area contributed by atoms with Crippen LogP contribution in [0.15, 0.2) is 54.6 Å². The third kappa shape index (κ3) is 3.73. The van der Waals surface area contributed by atoms with Gasteiger partial charge in [0.05, 0.1) is 12.7 Å². The van der Waals surface area contributed by atoms with Gasteiger partial charge in [0.25, 0.3) is 0 Å². The number of para-hydroxylation sites is 2. The van der Waals surface area contributed by atoms with Gasteiger partial charge < -0.3 is 15.2 Å². The molecular weight excluding hydrogens is 238 g/mol. The Morgan fingerprint density at radius 3 is 2.47 bits per heavy atom. The van der Waals surface area contributed by atoms with Crippen molar-refractivity contribution in [3.8, 4) is 5.75 Å². The van der Waals surface area contributed by atoms with Crippen LogP contribution in [0.3, 0.4) is 0 Å². The second-order valence-corrected chi connectivity index (χ2v) is 4.23. The number of rotatable bonds is 6. The Bertz CT molecular complexity index is 499. The van der Waals surface area contributed by atoms with Gasteiger partial charge in [-0.2, -0.15) is 0 Å². The highest BCUT2D eigenvalue weighted by molar-refractivity contribution is 5.43. The largest absolute Gasteiger partial charge is 0.493 e. The molecule has 0 bridgehead atoms. The van der Waals surface area contributed by atoms with Gasteiger partial charge in [-0.15, -0.1) is 0 Å². The fourth-order valence-corrected chi connectivity index (χ4v) is 1.92. The lowest BCUT2D eigenvalue weighted by Gasteiger charge is -2.16. The minimum atomic E-state index is -0.594. The Hall–Kier alpha value is -2.00. The molecule has 0 amide bonds. The molecule has 0 heterocycles. The first kappa shape index (κ1) is 13.4. The fourth-order valence-electron chi connectivity index (χ4n) is 1.92. The molecule has 0 saturated heterocycles. The van der Waals surface area contributed by atoms with E-state index in [0.29, 0.717) is 13.2 Å². The van der Waals surface area contributed by atoms with E-state index in [2.05, 4.69) is 5.32 Å². The summed E-state index contributed by atoms with van der Waals surface area (Å²) in [7, 11) is 0. The van der Waals surface area contributed by atoms with Gasteiger partial charge in [-0.3, -0.25) is 0 Å². The van der Waals surface area contributed by atoms with Gasteiger partial charge in [0.2, 0.25) is 0 Å². The lowest BCUT2D eigenvalue weighted by Crippen LogP contribution is -2.13. The van der Waals surface area contributed by atoms with E-state index in [4.69, 9.17) is 4.74 Å². The quantitative estimate of drug-likeness (QED) is 0.834. The Labute approximate surface area is 113 Å². The van der Waals surface area contributed by atoms with E-state index in [1.54, 1.807) is 0 Å². The van der Waals surface area contributed by atoms with Crippen molar-refractivity contribution < 1.29 is 9.84 Å². The molecule has 0 aromatic heterocycles. The SMILES string of the molecule is CCOc1ccccc1C(O)CNc1ccccc1. The molecule has 0 aliphatic rings. The Kier molecular flexibility index (Phi) is 4.81.